The van der Waals surface area contributed by atoms with E-state index in [0.29, 0.717) is 5.75 Å². The Balaban J connectivity index is 2.31. The molecule has 1 aromatic carbocycles. The van der Waals surface area contributed by atoms with E-state index in [9.17, 15) is 14.7 Å². The van der Waals surface area contributed by atoms with Gasteiger partial charge in [0.25, 0.3) is 5.69 Å². The van der Waals surface area contributed by atoms with Gasteiger partial charge in [0.1, 0.15) is 25.3 Å². The molecule has 19 heavy (non-hydrogen) atoms. The van der Waals surface area contributed by atoms with E-state index >= 15 is 0 Å². The highest BCUT2D eigenvalue weighted by molar-refractivity contribution is 5.81. The number of hydrogen-bond acceptors (Lipinski definition) is 4. The molecule has 1 aromatic heterocycles. The van der Waals surface area contributed by atoms with Crippen LogP contribution in [0.3, 0.4) is 0 Å². The predicted octanol–water partition coefficient (Wildman–Crippen LogP) is -1.58. The number of nitrogens with one attached hydrogen (secondary N) is 1. The van der Waals surface area contributed by atoms with Gasteiger partial charge in [-0.3, -0.25) is 0 Å². The van der Waals surface area contributed by atoms with Crippen LogP contribution in [0, 0.1) is 0 Å². The minimum Gasteiger partial charge on any atom is -0.541 e. The lowest BCUT2D eigenvalue weighted by atomic mass is 10.2. The van der Waals surface area contributed by atoms with E-state index in [1.807, 2.05) is 0 Å². The largest absolute Gasteiger partial charge is 0.541 e. The summed E-state index contributed by atoms with van der Waals surface area (Å²) >= 11 is 0. The minimum atomic E-state index is -1.50. The summed E-state index contributed by atoms with van der Waals surface area (Å²) in [5.74, 6) is -0.791. The first-order valence-corrected chi connectivity index (χ1v) is 5.56. The molecule has 0 unspecified atom stereocenters. The van der Waals surface area contributed by atoms with Crippen LogP contribution in [-0.4, -0.2) is 23.0 Å². The highest BCUT2D eigenvalue weighted by Crippen LogP contribution is 2.11. The van der Waals surface area contributed by atoms with Crippen LogP contribution in [-0.2, 0) is 13.6 Å². The quantitative estimate of drug-likeness (QED) is 0.674. The topological polar surface area (TPSA) is 91.0 Å². The maximum atomic E-state index is 11.8. The van der Waals surface area contributed by atoms with Gasteiger partial charge >= 0.3 is 5.56 Å². The summed E-state index contributed by atoms with van der Waals surface area (Å²) in [5, 5.41) is 13.5. The van der Waals surface area contributed by atoms with Gasteiger partial charge in [-0.2, -0.15) is 4.68 Å². The van der Waals surface area contributed by atoms with Gasteiger partial charge in [-0.25, -0.2) is 4.79 Å². The highest BCUT2D eigenvalue weighted by Gasteiger charge is 2.19. The molecule has 100 valence electrons. The Hall–Kier alpha value is -2.57. The number of aryl methyl sites for hydroxylation is 1. The van der Waals surface area contributed by atoms with Gasteiger partial charge in [-0.1, -0.05) is 17.3 Å². The number of H-pyrrole nitrogens is 1. The molecular weight excluding hydrogens is 250 g/mol. The molecule has 0 amide bonds. The molecule has 0 aliphatic rings. The van der Waals surface area contributed by atoms with E-state index in [-0.39, 0.29) is 6.54 Å². The number of nitrogens with zero attached hydrogens (tertiary/aromatic N) is 2. The van der Waals surface area contributed by atoms with Crippen LogP contribution in [0.4, 0.5) is 0 Å². The molecule has 2 rings (SSSR count). The molecule has 0 fully saturated rings. The van der Waals surface area contributed by atoms with E-state index in [0.717, 1.165) is 10.2 Å². The van der Waals surface area contributed by atoms with Gasteiger partial charge < -0.3 is 14.6 Å². The first-order chi connectivity index (χ1) is 9.02. The summed E-state index contributed by atoms with van der Waals surface area (Å²) in [6.07, 6.45) is 0. The zero-order valence-electron chi connectivity index (χ0n) is 10.5. The van der Waals surface area contributed by atoms with Crippen LogP contribution >= 0.6 is 0 Å². The number of aromatic nitrogens is 3. The third-order valence-corrected chi connectivity index (χ3v) is 2.75. The number of rotatable bonds is 4. The predicted molar refractivity (Wildman–Crippen MR) is 62.7 cm³/mol. The first-order valence-electron chi connectivity index (χ1n) is 5.56. The highest BCUT2D eigenvalue weighted by atomic mass is 16.5. The Morgan fingerprint density at radius 1 is 1.42 bits per heavy atom. The molecule has 0 bridgehead atoms. The van der Waals surface area contributed by atoms with Crippen LogP contribution in [0.2, 0.25) is 0 Å². The first kappa shape index (κ1) is 12.9. The molecule has 1 N–H and O–H groups in total. The van der Waals surface area contributed by atoms with Crippen LogP contribution in [0.15, 0.2) is 29.1 Å². The maximum absolute atomic E-state index is 11.8. The van der Waals surface area contributed by atoms with Crippen molar-refractivity contribution >= 4 is 5.97 Å². The second kappa shape index (κ2) is 4.97. The average molecular weight is 263 g/mol. The fourth-order valence-electron chi connectivity index (χ4n) is 1.79. The summed E-state index contributed by atoms with van der Waals surface area (Å²) in [6, 6.07) is 7.13. The van der Waals surface area contributed by atoms with Crippen molar-refractivity contribution in [3.63, 3.8) is 0 Å². The number of carboxylic acid groups (broad SMARTS) is 1. The standard InChI is InChI=1S/C12H13N3O4/c1-14-10(12(17)18)11(16)15(13-14)7-8-3-5-9(19-2)6-4-8/h3-6H,7H2,1-2H3,(H-,13,16,17,18). The number of carbonyl (C=O) groups excluding carboxylic acids is 1. The number of aromatic carboxylic acids is 1. The van der Waals surface area contributed by atoms with E-state index in [1.165, 1.54) is 11.7 Å². The lowest BCUT2D eigenvalue weighted by molar-refractivity contribution is -0.736. The second-order valence-corrected chi connectivity index (χ2v) is 4.03. The fourth-order valence-corrected chi connectivity index (χ4v) is 1.79. The van der Waals surface area contributed by atoms with Crippen molar-refractivity contribution < 1.29 is 19.3 Å². The molecular formula is C12H13N3O4. The Labute approximate surface area is 108 Å². The van der Waals surface area contributed by atoms with Gasteiger partial charge in [0.05, 0.1) is 7.11 Å². The van der Waals surface area contributed by atoms with Crippen molar-refractivity contribution in [3.8, 4) is 5.75 Å². The average Bonchev–Trinajstić information content (AvgIpc) is 2.65. The van der Waals surface area contributed by atoms with E-state index in [1.54, 1.807) is 31.4 Å². The molecule has 7 nitrogen and oxygen atoms in total. The Bertz CT molecular complexity index is 655. The number of carbonyl (C=O) groups is 1. The summed E-state index contributed by atoms with van der Waals surface area (Å²) in [7, 11) is 3.01. The summed E-state index contributed by atoms with van der Waals surface area (Å²) < 4.78 is 7.36. The number of aromatic amines is 1. The number of carboxylic acids is 1. The van der Waals surface area contributed by atoms with Gasteiger partial charge in [-0.15, -0.1) is 4.68 Å². The Morgan fingerprint density at radius 2 is 2.05 bits per heavy atom. The SMILES string of the molecule is COc1ccc(Cn2[nH][n+](C)c(C(=O)[O-])c2=O)cc1. The molecule has 0 radical (unpaired) electrons. The van der Waals surface area contributed by atoms with E-state index in [4.69, 9.17) is 4.74 Å². The van der Waals surface area contributed by atoms with Crippen molar-refractivity contribution in [1.82, 2.24) is 9.90 Å². The van der Waals surface area contributed by atoms with Crippen molar-refractivity contribution in [2.24, 2.45) is 7.05 Å². The zero-order chi connectivity index (χ0) is 14.0. The Kier molecular flexibility index (Phi) is 3.37. The molecule has 0 saturated carbocycles. The second-order valence-electron chi connectivity index (χ2n) is 4.03. The molecule has 0 saturated heterocycles. The summed E-state index contributed by atoms with van der Waals surface area (Å²) in [5.41, 5.74) is -0.193. The van der Waals surface area contributed by atoms with Gasteiger partial charge in [0.2, 0.25) is 0 Å². The molecule has 2 aromatic rings. The molecule has 0 aliphatic carbocycles. The number of benzene rings is 1. The molecule has 1 heterocycles. The zero-order valence-corrected chi connectivity index (χ0v) is 10.5. The lowest BCUT2D eigenvalue weighted by Crippen LogP contribution is -2.44. The van der Waals surface area contributed by atoms with Gasteiger partial charge in [-0.05, 0) is 17.7 Å². The van der Waals surface area contributed by atoms with Crippen LogP contribution < -0.4 is 20.1 Å². The van der Waals surface area contributed by atoms with E-state index in [2.05, 4.69) is 5.21 Å². The monoisotopic (exact) mass is 263 g/mol. The third kappa shape index (κ3) is 2.49. The maximum Gasteiger partial charge on any atom is 0.402 e. The Morgan fingerprint density at radius 3 is 2.53 bits per heavy atom. The van der Waals surface area contributed by atoms with Crippen molar-refractivity contribution in [3.05, 3.63) is 45.9 Å². The van der Waals surface area contributed by atoms with Gasteiger partial charge in [0, 0.05) is 0 Å². The normalized spacial score (nSPS) is 10.4. The fraction of sp³-hybridized carbons (Fsp3) is 0.250. The molecule has 7 heteroatoms. The number of methoxy groups -OCH3 is 1. The van der Waals surface area contributed by atoms with Crippen molar-refractivity contribution in [1.29, 1.82) is 0 Å². The van der Waals surface area contributed by atoms with Crippen LogP contribution in [0.25, 0.3) is 0 Å². The number of ether oxygens (including phenoxy) is 1. The van der Waals surface area contributed by atoms with Crippen molar-refractivity contribution in [2.45, 2.75) is 6.54 Å². The third-order valence-electron chi connectivity index (χ3n) is 2.75. The number of hydrogen-bond donors (Lipinski definition) is 1. The summed E-state index contributed by atoms with van der Waals surface area (Å²) in [4.78, 5) is 22.6. The smallest absolute Gasteiger partial charge is 0.402 e. The molecule has 0 atom stereocenters. The lowest BCUT2D eigenvalue weighted by Gasteiger charge is -2.00. The van der Waals surface area contributed by atoms with E-state index < -0.39 is 17.2 Å². The van der Waals surface area contributed by atoms with Crippen molar-refractivity contribution in [2.75, 3.05) is 7.11 Å². The van der Waals surface area contributed by atoms with Crippen LogP contribution in [0.5, 0.6) is 5.75 Å². The molecule has 0 spiro atoms. The molecule has 0 aliphatic heterocycles. The summed E-state index contributed by atoms with van der Waals surface area (Å²) in [6.45, 7) is 0.240. The van der Waals surface area contributed by atoms with Crippen LogP contribution in [0.1, 0.15) is 16.1 Å². The van der Waals surface area contributed by atoms with Gasteiger partial charge in [0.15, 0.2) is 0 Å². The minimum absolute atomic E-state index is 0.240.